The Morgan fingerprint density at radius 2 is 1.50 bits per heavy atom. The molecule has 0 spiro atoms. The summed E-state index contributed by atoms with van der Waals surface area (Å²) < 4.78 is 0. The van der Waals surface area contributed by atoms with E-state index >= 15 is 0 Å². The maximum atomic E-state index is 13.6. The number of hydrogen-bond acceptors (Lipinski definition) is 3. The van der Waals surface area contributed by atoms with Crippen LogP contribution >= 0.6 is 0 Å². The fraction of sp³-hybridized carbons (Fsp3) is 0.133. The van der Waals surface area contributed by atoms with Crippen molar-refractivity contribution >= 4 is 33.8 Å². The minimum absolute atomic E-state index is 0.254. The second-order valence-electron chi connectivity index (χ2n) is 8.72. The first-order valence-corrected chi connectivity index (χ1v) is 11.5. The Balaban J connectivity index is 1.57. The predicted octanol–water partition coefficient (Wildman–Crippen LogP) is 5.89. The third kappa shape index (κ3) is 3.99. The molecule has 0 bridgehead atoms. The number of fused-ring (bicyclic) bond motifs is 1. The molecule has 0 radical (unpaired) electrons. The fourth-order valence-corrected chi connectivity index (χ4v) is 4.59. The van der Waals surface area contributed by atoms with Crippen LogP contribution in [0.25, 0.3) is 16.3 Å². The summed E-state index contributed by atoms with van der Waals surface area (Å²) in [5, 5.41) is 5.42. The zero-order valence-corrected chi connectivity index (χ0v) is 19.3. The normalized spacial score (nSPS) is 13.8. The van der Waals surface area contributed by atoms with Crippen LogP contribution in [0.3, 0.4) is 0 Å². The van der Waals surface area contributed by atoms with E-state index in [9.17, 15) is 9.59 Å². The van der Waals surface area contributed by atoms with E-state index in [1.54, 1.807) is 0 Å². The van der Waals surface area contributed by atoms with E-state index in [2.05, 4.69) is 5.32 Å². The van der Waals surface area contributed by atoms with Crippen LogP contribution in [0.15, 0.2) is 96.7 Å². The summed E-state index contributed by atoms with van der Waals surface area (Å²) in [7, 11) is 0. The fourth-order valence-electron chi connectivity index (χ4n) is 4.59. The standard InChI is InChI=1S/C30H26N2O2/c1-20-15-16-24(21(2)19-20)27-28(31-26-14-8-12-23-11-6-7-13-25(23)26)30(34)32(29(27)33)18-17-22-9-4-3-5-10-22/h3-16,19,31H,17-18H2,1-2H3. The van der Waals surface area contributed by atoms with Crippen molar-refractivity contribution in [1.82, 2.24) is 4.90 Å². The van der Waals surface area contributed by atoms with Crippen molar-refractivity contribution in [2.75, 3.05) is 11.9 Å². The number of nitrogens with one attached hydrogen (secondary N) is 1. The van der Waals surface area contributed by atoms with Crippen LogP contribution in [0.4, 0.5) is 5.69 Å². The van der Waals surface area contributed by atoms with Crippen molar-refractivity contribution in [2.45, 2.75) is 20.3 Å². The zero-order chi connectivity index (χ0) is 23.7. The first kappa shape index (κ1) is 21.7. The molecule has 4 heteroatoms. The lowest BCUT2D eigenvalue weighted by Gasteiger charge is -2.16. The summed E-state index contributed by atoms with van der Waals surface area (Å²) in [6.45, 7) is 4.33. The van der Waals surface area contributed by atoms with Crippen LogP contribution in [0.2, 0.25) is 0 Å². The summed E-state index contributed by atoms with van der Waals surface area (Å²) in [6, 6.07) is 29.8. The summed E-state index contributed by atoms with van der Waals surface area (Å²) in [6.07, 6.45) is 0.611. The van der Waals surface area contributed by atoms with Gasteiger partial charge >= 0.3 is 0 Å². The molecule has 0 saturated carbocycles. The topological polar surface area (TPSA) is 49.4 Å². The Labute approximate surface area is 199 Å². The molecular weight excluding hydrogens is 420 g/mol. The molecule has 0 aromatic heterocycles. The van der Waals surface area contributed by atoms with Gasteiger partial charge in [-0.3, -0.25) is 14.5 Å². The monoisotopic (exact) mass is 446 g/mol. The van der Waals surface area contributed by atoms with Gasteiger partial charge in [-0.05, 0) is 48.4 Å². The third-order valence-electron chi connectivity index (χ3n) is 6.34. The van der Waals surface area contributed by atoms with Crippen molar-refractivity contribution in [3.8, 4) is 0 Å². The molecule has 4 nitrogen and oxygen atoms in total. The van der Waals surface area contributed by atoms with Gasteiger partial charge in [0.2, 0.25) is 0 Å². The number of carbonyl (C=O) groups is 2. The number of aryl methyl sites for hydroxylation is 2. The minimum atomic E-state index is -0.288. The smallest absolute Gasteiger partial charge is 0.278 e. The van der Waals surface area contributed by atoms with Crippen LogP contribution in [0.5, 0.6) is 0 Å². The lowest BCUT2D eigenvalue weighted by Crippen LogP contribution is -2.34. The van der Waals surface area contributed by atoms with E-state index in [-0.39, 0.29) is 11.8 Å². The van der Waals surface area contributed by atoms with Crippen molar-refractivity contribution in [1.29, 1.82) is 0 Å². The highest BCUT2D eigenvalue weighted by molar-refractivity contribution is 6.37. The first-order chi connectivity index (χ1) is 16.5. The van der Waals surface area contributed by atoms with Gasteiger partial charge < -0.3 is 5.32 Å². The molecule has 1 N–H and O–H groups in total. The van der Waals surface area contributed by atoms with E-state index in [1.165, 1.54) is 4.90 Å². The van der Waals surface area contributed by atoms with E-state index in [4.69, 9.17) is 0 Å². The van der Waals surface area contributed by atoms with Gasteiger partial charge in [-0.25, -0.2) is 0 Å². The number of amides is 2. The molecule has 5 rings (SSSR count). The van der Waals surface area contributed by atoms with Gasteiger partial charge in [0, 0.05) is 17.6 Å². The predicted molar refractivity (Wildman–Crippen MR) is 137 cm³/mol. The Hall–Kier alpha value is -4.18. The largest absolute Gasteiger partial charge is 0.350 e. The first-order valence-electron chi connectivity index (χ1n) is 11.5. The molecule has 0 fully saturated rings. The number of anilines is 1. The number of carbonyl (C=O) groups excluding carboxylic acids is 2. The highest BCUT2D eigenvalue weighted by Gasteiger charge is 2.39. The second kappa shape index (κ2) is 8.99. The summed E-state index contributed by atoms with van der Waals surface area (Å²) >= 11 is 0. The maximum Gasteiger partial charge on any atom is 0.278 e. The highest BCUT2D eigenvalue weighted by atomic mass is 16.2. The van der Waals surface area contributed by atoms with Crippen LogP contribution in [-0.2, 0) is 16.0 Å². The SMILES string of the molecule is Cc1ccc(C2=C(Nc3cccc4ccccc34)C(=O)N(CCc3ccccc3)C2=O)c(C)c1. The van der Waals surface area contributed by atoms with Crippen LogP contribution in [0, 0.1) is 13.8 Å². The second-order valence-corrected chi connectivity index (χ2v) is 8.72. The molecule has 0 aliphatic carbocycles. The molecule has 1 aliphatic rings. The van der Waals surface area contributed by atoms with Crippen molar-refractivity contribution < 1.29 is 9.59 Å². The molecule has 1 heterocycles. The van der Waals surface area contributed by atoms with Crippen LogP contribution < -0.4 is 5.32 Å². The molecule has 168 valence electrons. The number of hydrogen-bond donors (Lipinski definition) is 1. The van der Waals surface area contributed by atoms with Crippen LogP contribution in [0.1, 0.15) is 22.3 Å². The number of imide groups is 1. The van der Waals surface area contributed by atoms with E-state index in [0.29, 0.717) is 24.2 Å². The minimum Gasteiger partial charge on any atom is -0.350 e. The number of benzene rings is 4. The molecular formula is C30H26N2O2. The van der Waals surface area contributed by atoms with Gasteiger partial charge in [0.15, 0.2) is 0 Å². The van der Waals surface area contributed by atoms with Gasteiger partial charge in [-0.15, -0.1) is 0 Å². The summed E-state index contributed by atoms with van der Waals surface area (Å²) in [4.78, 5) is 28.6. The Kier molecular flexibility index (Phi) is 5.72. The molecule has 0 unspecified atom stereocenters. The van der Waals surface area contributed by atoms with Crippen LogP contribution in [-0.4, -0.2) is 23.3 Å². The van der Waals surface area contributed by atoms with Gasteiger partial charge in [0.05, 0.1) is 5.57 Å². The average molecular weight is 447 g/mol. The quantitative estimate of drug-likeness (QED) is 0.376. The Morgan fingerprint density at radius 3 is 2.29 bits per heavy atom. The number of nitrogens with zero attached hydrogens (tertiary/aromatic N) is 1. The molecule has 4 aromatic carbocycles. The molecule has 0 saturated heterocycles. The lowest BCUT2D eigenvalue weighted by atomic mass is 9.97. The number of rotatable bonds is 6. The third-order valence-corrected chi connectivity index (χ3v) is 6.34. The maximum absolute atomic E-state index is 13.6. The van der Waals surface area contributed by atoms with Gasteiger partial charge in [-0.2, -0.15) is 0 Å². The Morgan fingerprint density at radius 1 is 0.765 bits per heavy atom. The molecule has 4 aromatic rings. The summed E-state index contributed by atoms with van der Waals surface area (Å²) in [5.41, 5.74) is 5.54. The molecule has 2 amide bonds. The zero-order valence-electron chi connectivity index (χ0n) is 19.3. The van der Waals surface area contributed by atoms with Crippen molar-refractivity contribution in [3.63, 3.8) is 0 Å². The van der Waals surface area contributed by atoms with Gasteiger partial charge in [-0.1, -0.05) is 90.5 Å². The van der Waals surface area contributed by atoms with Gasteiger partial charge in [0.25, 0.3) is 11.8 Å². The van der Waals surface area contributed by atoms with E-state index in [1.807, 2.05) is 105 Å². The average Bonchev–Trinajstić information content (AvgIpc) is 3.07. The molecule has 1 aliphatic heterocycles. The Bertz CT molecular complexity index is 1430. The van der Waals surface area contributed by atoms with Crippen molar-refractivity contribution in [2.24, 2.45) is 0 Å². The van der Waals surface area contributed by atoms with E-state index < -0.39 is 0 Å². The summed E-state index contributed by atoms with van der Waals surface area (Å²) in [5.74, 6) is -0.542. The van der Waals surface area contributed by atoms with Crippen molar-refractivity contribution in [3.05, 3.63) is 119 Å². The van der Waals surface area contributed by atoms with E-state index in [0.717, 1.165) is 38.7 Å². The highest BCUT2D eigenvalue weighted by Crippen LogP contribution is 2.34. The lowest BCUT2D eigenvalue weighted by molar-refractivity contribution is -0.136. The van der Waals surface area contributed by atoms with Gasteiger partial charge in [0.1, 0.15) is 5.70 Å². The molecule has 0 atom stereocenters. The molecule has 34 heavy (non-hydrogen) atoms.